The van der Waals surface area contributed by atoms with Crippen molar-refractivity contribution in [3.05, 3.63) is 29.8 Å². The van der Waals surface area contributed by atoms with E-state index in [0.717, 1.165) is 23.8 Å². The third-order valence-electron chi connectivity index (χ3n) is 2.55. The van der Waals surface area contributed by atoms with Gasteiger partial charge in [-0.2, -0.15) is 0 Å². The van der Waals surface area contributed by atoms with Crippen molar-refractivity contribution in [1.82, 2.24) is 0 Å². The SMILES string of the molecule is CCCc1ccc(NC2=NCC(C)S2)cc1. The lowest BCUT2D eigenvalue weighted by Gasteiger charge is -2.06. The number of nitrogens with zero attached hydrogens (tertiary/aromatic N) is 1. The van der Waals surface area contributed by atoms with Crippen LogP contribution in [0.3, 0.4) is 0 Å². The topological polar surface area (TPSA) is 24.4 Å². The van der Waals surface area contributed by atoms with Crippen molar-refractivity contribution in [2.24, 2.45) is 4.99 Å². The number of hydrogen-bond acceptors (Lipinski definition) is 3. The van der Waals surface area contributed by atoms with Gasteiger partial charge >= 0.3 is 0 Å². The number of benzene rings is 1. The Hall–Kier alpha value is -0.960. The summed E-state index contributed by atoms with van der Waals surface area (Å²) in [7, 11) is 0. The molecule has 16 heavy (non-hydrogen) atoms. The van der Waals surface area contributed by atoms with Crippen LogP contribution in [0.4, 0.5) is 5.69 Å². The lowest BCUT2D eigenvalue weighted by molar-refractivity contribution is 0.922. The van der Waals surface area contributed by atoms with Gasteiger partial charge in [0.2, 0.25) is 0 Å². The van der Waals surface area contributed by atoms with E-state index >= 15 is 0 Å². The fraction of sp³-hybridized carbons (Fsp3) is 0.462. The second-order valence-electron chi connectivity index (χ2n) is 4.15. The number of nitrogens with one attached hydrogen (secondary N) is 1. The molecule has 0 aromatic heterocycles. The minimum atomic E-state index is 0.613. The highest BCUT2D eigenvalue weighted by Crippen LogP contribution is 2.22. The summed E-state index contributed by atoms with van der Waals surface area (Å²) in [6.07, 6.45) is 2.36. The van der Waals surface area contributed by atoms with Gasteiger partial charge in [0.1, 0.15) is 0 Å². The highest BCUT2D eigenvalue weighted by molar-refractivity contribution is 8.15. The van der Waals surface area contributed by atoms with E-state index in [1.807, 2.05) is 11.8 Å². The number of rotatable bonds is 3. The van der Waals surface area contributed by atoms with Gasteiger partial charge in [0.15, 0.2) is 5.17 Å². The van der Waals surface area contributed by atoms with Crippen molar-refractivity contribution in [2.75, 3.05) is 11.9 Å². The predicted molar refractivity (Wildman–Crippen MR) is 73.4 cm³/mol. The molecule has 1 aliphatic heterocycles. The molecule has 2 rings (SSSR count). The summed E-state index contributed by atoms with van der Waals surface area (Å²) in [4.78, 5) is 4.44. The minimum absolute atomic E-state index is 0.613. The van der Waals surface area contributed by atoms with Crippen molar-refractivity contribution in [3.8, 4) is 0 Å². The van der Waals surface area contributed by atoms with E-state index in [0.29, 0.717) is 5.25 Å². The van der Waals surface area contributed by atoms with E-state index < -0.39 is 0 Å². The Morgan fingerprint density at radius 2 is 2.12 bits per heavy atom. The van der Waals surface area contributed by atoms with Gasteiger partial charge in [0, 0.05) is 10.9 Å². The second-order valence-corrected chi connectivity index (χ2v) is 5.57. The van der Waals surface area contributed by atoms with Gasteiger partial charge in [-0.25, -0.2) is 0 Å². The van der Waals surface area contributed by atoms with Crippen molar-refractivity contribution < 1.29 is 0 Å². The average Bonchev–Trinajstić information content (AvgIpc) is 2.67. The molecule has 0 saturated heterocycles. The molecule has 0 aliphatic carbocycles. The van der Waals surface area contributed by atoms with Gasteiger partial charge in [-0.15, -0.1) is 0 Å². The summed E-state index contributed by atoms with van der Waals surface area (Å²) in [5.74, 6) is 0. The Balaban J connectivity index is 1.95. The minimum Gasteiger partial charge on any atom is -0.335 e. The molecule has 0 amide bonds. The molecule has 0 spiro atoms. The Labute approximate surface area is 102 Å². The lowest BCUT2D eigenvalue weighted by Crippen LogP contribution is -2.05. The summed E-state index contributed by atoms with van der Waals surface area (Å²) in [5.41, 5.74) is 2.54. The van der Waals surface area contributed by atoms with Gasteiger partial charge < -0.3 is 5.32 Å². The van der Waals surface area contributed by atoms with Crippen molar-refractivity contribution in [3.63, 3.8) is 0 Å². The molecule has 0 saturated carbocycles. The van der Waals surface area contributed by atoms with Gasteiger partial charge in [-0.05, 0) is 24.1 Å². The van der Waals surface area contributed by atoms with E-state index in [2.05, 4.69) is 48.4 Å². The number of amidine groups is 1. The van der Waals surface area contributed by atoms with Gasteiger partial charge in [-0.1, -0.05) is 44.2 Å². The van der Waals surface area contributed by atoms with E-state index in [1.165, 1.54) is 12.0 Å². The normalized spacial score (nSPS) is 19.6. The zero-order chi connectivity index (χ0) is 11.4. The number of anilines is 1. The molecule has 2 nitrogen and oxygen atoms in total. The molecule has 86 valence electrons. The number of hydrogen-bond donors (Lipinski definition) is 1. The molecule has 3 heteroatoms. The maximum Gasteiger partial charge on any atom is 0.161 e. The average molecular weight is 234 g/mol. The first-order valence-electron chi connectivity index (χ1n) is 5.85. The van der Waals surface area contributed by atoms with Crippen LogP contribution in [-0.4, -0.2) is 17.0 Å². The van der Waals surface area contributed by atoms with E-state index in [4.69, 9.17) is 0 Å². The molecule has 1 aliphatic rings. The van der Waals surface area contributed by atoms with Crippen molar-refractivity contribution in [1.29, 1.82) is 0 Å². The van der Waals surface area contributed by atoms with Crippen LogP contribution in [0.1, 0.15) is 25.8 Å². The zero-order valence-electron chi connectivity index (χ0n) is 9.86. The summed E-state index contributed by atoms with van der Waals surface area (Å²) >= 11 is 1.81. The zero-order valence-corrected chi connectivity index (χ0v) is 10.7. The van der Waals surface area contributed by atoms with Gasteiger partial charge in [0.05, 0.1) is 6.54 Å². The summed E-state index contributed by atoms with van der Waals surface area (Å²) in [6.45, 7) is 5.34. The molecule has 1 N–H and O–H groups in total. The Morgan fingerprint density at radius 1 is 1.38 bits per heavy atom. The van der Waals surface area contributed by atoms with E-state index in [9.17, 15) is 0 Å². The third kappa shape index (κ3) is 3.01. The first-order chi connectivity index (χ1) is 7.78. The van der Waals surface area contributed by atoms with E-state index in [1.54, 1.807) is 0 Å². The van der Waals surface area contributed by atoms with Crippen LogP contribution in [0.25, 0.3) is 0 Å². The Bertz CT molecular complexity index is 370. The second kappa shape index (κ2) is 5.39. The molecule has 0 fully saturated rings. The molecular formula is C13H18N2S. The van der Waals surface area contributed by atoms with Crippen LogP contribution < -0.4 is 5.32 Å². The first-order valence-corrected chi connectivity index (χ1v) is 6.73. The monoisotopic (exact) mass is 234 g/mol. The molecule has 1 heterocycles. The first kappa shape index (κ1) is 11.5. The standard InChI is InChI=1S/C13H18N2S/c1-3-4-11-5-7-12(8-6-11)15-13-14-9-10(2)16-13/h5-8,10H,3-4,9H2,1-2H3,(H,14,15). The quantitative estimate of drug-likeness (QED) is 0.865. The van der Waals surface area contributed by atoms with Crippen LogP contribution in [0.15, 0.2) is 29.3 Å². The molecule has 0 bridgehead atoms. The Kier molecular flexibility index (Phi) is 3.88. The third-order valence-corrected chi connectivity index (χ3v) is 3.55. The number of aliphatic imine (C=N–C) groups is 1. The maximum atomic E-state index is 4.44. The maximum absolute atomic E-state index is 4.44. The largest absolute Gasteiger partial charge is 0.335 e. The number of aryl methyl sites for hydroxylation is 1. The molecule has 1 aromatic carbocycles. The summed E-state index contributed by atoms with van der Waals surface area (Å²) < 4.78 is 0. The molecule has 1 atom stereocenters. The van der Waals surface area contributed by atoms with Gasteiger partial charge in [0.25, 0.3) is 0 Å². The molecule has 1 unspecified atom stereocenters. The van der Waals surface area contributed by atoms with Crippen LogP contribution >= 0.6 is 11.8 Å². The highest BCUT2D eigenvalue weighted by atomic mass is 32.2. The Morgan fingerprint density at radius 3 is 2.69 bits per heavy atom. The van der Waals surface area contributed by atoms with Crippen LogP contribution in [0, 0.1) is 0 Å². The van der Waals surface area contributed by atoms with Crippen LogP contribution in [0.2, 0.25) is 0 Å². The summed E-state index contributed by atoms with van der Waals surface area (Å²) in [6, 6.07) is 8.65. The van der Waals surface area contributed by atoms with Crippen molar-refractivity contribution in [2.45, 2.75) is 31.9 Å². The van der Waals surface area contributed by atoms with Gasteiger partial charge in [-0.3, -0.25) is 4.99 Å². The fourth-order valence-electron chi connectivity index (χ4n) is 1.71. The predicted octanol–water partition coefficient (Wildman–Crippen LogP) is 3.54. The highest BCUT2D eigenvalue weighted by Gasteiger charge is 2.14. The lowest BCUT2D eigenvalue weighted by atomic mass is 10.1. The van der Waals surface area contributed by atoms with Crippen LogP contribution in [0.5, 0.6) is 0 Å². The molecule has 1 aromatic rings. The smallest absolute Gasteiger partial charge is 0.161 e. The summed E-state index contributed by atoms with van der Waals surface area (Å²) in [5, 5.41) is 5.02. The molecule has 0 radical (unpaired) electrons. The van der Waals surface area contributed by atoms with Crippen LogP contribution in [-0.2, 0) is 6.42 Å². The van der Waals surface area contributed by atoms with Crippen molar-refractivity contribution >= 4 is 22.6 Å². The van der Waals surface area contributed by atoms with E-state index in [-0.39, 0.29) is 0 Å². The fourth-order valence-corrected chi connectivity index (χ4v) is 2.57. The molecular weight excluding hydrogens is 216 g/mol. The number of thioether (sulfide) groups is 1.